The molecule has 10 heteroatoms. The van der Waals surface area contributed by atoms with E-state index in [4.69, 9.17) is 4.74 Å². The summed E-state index contributed by atoms with van der Waals surface area (Å²) in [7, 11) is -3.58. The van der Waals surface area contributed by atoms with Gasteiger partial charge in [0.1, 0.15) is 11.6 Å². The molecule has 1 heterocycles. The van der Waals surface area contributed by atoms with E-state index in [0.29, 0.717) is 35.5 Å². The minimum Gasteiger partial charge on any atom is -0.483 e. The van der Waals surface area contributed by atoms with Gasteiger partial charge in [0.05, 0.1) is 10.6 Å². The highest BCUT2D eigenvalue weighted by Crippen LogP contribution is 2.23. The molecule has 3 rings (SSSR count). The van der Waals surface area contributed by atoms with Crippen LogP contribution in [0.25, 0.3) is 11.3 Å². The van der Waals surface area contributed by atoms with Crippen molar-refractivity contribution in [1.29, 1.82) is 0 Å². The number of aryl methyl sites for hydroxylation is 1. The highest BCUT2D eigenvalue weighted by molar-refractivity contribution is 7.89. The molecule has 0 spiro atoms. The molecule has 164 valence electrons. The number of aromatic nitrogens is 2. The minimum absolute atomic E-state index is 0.136. The third kappa shape index (κ3) is 5.89. The number of nitrogens with zero attached hydrogens (tertiary/aromatic N) is 1. The number of halogens is 1. The Labute approximate surface area is 179 Å². The lowest BCUT2D eigenvalue weighted by atomic mass is 10.1. The Kier molecular flexibility index (Phi) is 7.03. The summed E-state index contributed by atoms with van der Waals surface area (Å²) in [6.45, 7) is 3.64. The number of anilines is 1. The Hall–Kier alpha value is -3.24. The average molecular weight is 447 g/mol. The topological polar surface area (TPSA) is 113 Å². The molecule has 0 saturated heterocycles. The van der Waals surface area contributed by atoms with Crippen LogP contribution in [-0.2, 0) is 14.8 Å². The van der Waals surface area contributed by atoms with E-state index in [1.807, 2.05) is 6.92 Å². The number of hydrogen-bond donors (Lipinski definition) is 3. The molecule has 0 fully saturated rings. The quantitative estimate of drug-likeness (QED) is 0.467. The standard InChI is InChI=1S/C21H23FN4O4S/c1-3-9-23-31(28,29)17-7-8-19(14(2)10-17)30-13-21(27)24-20-12-18(25-26-20)15-5-4-6-16(22)11-15/h4-8,10-12,23H,3,9,13H2,1-2H3,(H2,24,25,26,27). The van der Waals surface area contributed by atoms with Crippen molar-refractivity contribution in [1.82, 2.24) is 14.9 Å². The van der Waals surface area contributed by atoms with Crippen molar-refractivity contribution in [2.75, 3.05) is 18.5 Å². The highest BCUT2D eigenvalue weighted by Gasteiger charge is 2.15. The molecule has 0 radical (unpaired) electrons. The Morgan fingerprint density at radius 2 is 2.00 bits per heavy atom. The van der Waals surface area contributed by atoms with Gasteiger partial charge in [0.25, 0.3) is 5.91 Å². The fourth-order valence-electron chi connectivity index (χ4n) is 2.78. The molecule has 8 nitrogen and oxygen atoms in total. The molecule has 0 bridgehead atoms. The SMILES string of the molecule is CCCNS(=O)(=O)c1ccc(OCC(=O)Nc2cc(-c3cccc(F)c3)[nH]n2)c(C)c1. The first-order chi connectivity index (χ1) is 14.8. The molecular weight excluding hydrogens is 423 g/mol. The van der Waals surface area contributed by atoms with Crippen LogP contribution < -0.4 is 14.8 Å². The maximum absolute atomic E-state index is 13.4. The van der Waals surface area contributed by atoms with E-state index in [1.165, 1.54) is 30.3 Å². The second kappa shape index (κ2) is 9.71. The van der Waals surface area contributed by atoms with Crippen LogP contribution in [0.1, 0.15) is 18.9 Å². The van der Waals surface area contributed by atoms with Gasteiger partial charge in [-0.1, -0.05) is 19.1 Å². The molecule has 0 aliphatic rings. The van der Waals surface area contributed by atoms with Crippen LogP contribution in [0, 0.1) is 12.7 Å². The Morgan fingerprint density at radius 1 is 1.19 bits per heavy atom. The van der Waals surface area contributed by atoms with Crippen molar-refractivity contribution in [2.24, 2.45) is 0 Å². The molecule has 0 aliphatic heterocycles. The predicted molar refractivity (Wildman–Crippen MR) is 115 cm³/mol. The number of sulfonamides is 1. The minimum atomic E-state index is -3.58. The van der Waals surface area contributed by atoms with Crippen LogP contribution in [0.15, 0.2) is 53.4 Å². The van der Waals surface area contributed by atoms with Crippen LogP contribution >= 0.6 is 0 Å². The molecule has 0 saturated carbocycles. The summed E-state index contributed by atoms with van der Waals surface area (Å²) in [5.41, 5.74) is 1.74. The van der Waals surface area contributed by atoms with Crippen LogP contribution in [0.5, 0.6) is 5.75 Å². The van der Waals surface area contributed by atoms with Gasteiger partial charge < -0.3 is 10.1 Å². The third-order valence-electron chi connectivity index (χ3n) is 4.34. The number of carbonyl (C=O) groups is 1. The van der Waals surface area contributed by atoms with Crippen molar-refractivity contribution in [3.63, 3.8) is 0 Å². The first kappa shape index (κ1) is 22.4. The van der Waals surface area contributed by atoms with Crippen LogP contribution in [-0.4, -0.2) is 37.7 Å². The summed E-state index contributed by atoms with van der Waals surface area (Å²) in [6, 6.07) is 12.0. The van der Waals surface area contributed by atoms with Gasteiger partial charge in [-0.15, -0.1) is 0 Å². The number of ether oxygens (including phenoxy) is 1. The van der Waals surface area contributed by atoms with Gasteiger partial charge in [-0.05, 0) is 49.2 Å². The zero-order valence-electron chi connectivity index (χ0n) is 17.1. The van der Waals surface area contributed by atoms with E-state index < -0.39 is 15.9 Å². The number of rotatable bonds is 9. The molecule has 0 atom stereocenters. The highest BCUT2D eigenvalue weighted by atomic mass is 32.2. The maximum Gasteiger partial charge on any atom is 0.263 e. The van der Waals surface area contributed by atoms with E-state index in [1.54, 1.807) is 25.1 Å². The molecule has 2 aromatic carbocycles. The lowest BCUT2D eigenvalue weighted by Gasteiger charge is -2.11. The lowest BCUT2D eigenvalue weighted by Crippen LogP contribution is -2.24. The number of amides is 1. The summed E-state index contributed by atoms with van der Waals surface area (Å²) >= 11 is 0. The smallest absolute Gasteiger partial charge is 0.263 e. The fourth-order valence-corrected chi connectivity index (χ4v) is 4.00. The van der Waals surface area contributed by atoms with Gasteiger partial charge in [-0.25, -0.2) is 17.5 Å². The first-order valence-corrected chi connectivity index (χ1v) is 11.1. The monoisotopic (exact) mass is 446 g/mol. The number of benzene rings is 2. The summed E-state index contributed by atoms with van der Waals surface area (Å²) < 4.78 is 45.8. The van der Waals surface area contributed by atoms with Gasteiger partial charge in [-0.2, -0.15) is 5.10 Å². The van der Waals surface area contributed by atoms with Crippen LogP contribution in [0.3, 0.4) is 0 Å². The summed E-state index contributed by atoms with van der Waals surface area (Å²) in [5.74, 6) is -0.153. The van der Waals surface area contributed by atoms with Gasteiger partial charge in [0, 0.05) is 18.2 Å². The normalized spacial score (nSPS) is 11.3. The molecule has 31 heavy (non-hydrogen) atoms. The van der Waals surface area contributed by atoms with E-state index in [9.17, 15) is 17.6 Å². The first-order valence-electron chi connectivity index (χ1n) is 9.63. The number of aromatic amines is 1. The zero-order valence-corrected chi connectivity index (χ0v) is 17.9. The summed E-state index contributed by atoms with van der Waals surface area (Å²) in [6.07, 6.45) is 0.689. The summed E-state index contributed by atoms with van der Waals surface area (Å²) in [5, 5.41) is 9.32. The molecule has 1 amide bonds. The van der Waals surface area contributed by atoms with Crippen molar-refractivity contribution < 1.29 is 22.3 Å². The number of hydrogen-bond acceptors (Lipinski definition) is 5. The van der Waals surface area contributed by atoms with Crippen LogP contribution in [0.2, 0.25) is 0 Å². The second-order valence-electron chi connectivity index (χ2n) is 6.84. The molecule has 1 aromatic heterocycles. The Bertz CT molecular complexity index is 1180. The number of H-pyrrole nitrogens is 1. The van der Waals surface area contributed by atoms with Crippen LogP contribution in [0.4, 0.5) is 10.2 Å². The number of nitrogens with one attached hydrogen (secondary N) is 3. The molecule has 3 N–H and O–H groups in total. The van der Waals surface area contributed by atoms with Crippen molar-refractivity contribution in [2.45, 2.75) is 25.2 Å². The van der Waals surface area contributed by atoms with E-state index in [-0.39, 0.29) is 23.1 Å². The van der Waals surface area contributed by atoms with Gasteiger partial charge in [0.2, 0.25) is 10.0 Å². The largest absolute Gasteiger partial charge is 0.483 e. The summed E-state index contributed by atoms with van der Waals surface area (Å²) in [4.78, 5) is 12.3. The van der Waals surface area contributed by atoms with Gasteiger partial charge >= 0.3 is 0 Å². The van der Waals surface area contributed by atoms with E-state index in [2.05, 4.69) is 20.2 Å². The third-order valence-corrected chi connectivity index (χ3v) is 5.80. The Morgan fingerprint density at radius 3 is 2.71 bits per heavy atom. The van der Waals surface area contributed by atoms with Crippen molar-refractivity contribution in [3.8, 4) is 17.0 Å². The zero-order chi connectivity index (χ0) is 22.4. The predicted octanol–water partition coefficient (Wildman–Crippen LogP) is 3.23. The molecule has 0 aliphatic carbocycles. The Balaban J connectivity index is 1.59. The van der Waals surface area contributed by atoms with Gasteiger partial charge in [0.15, 0.2) is 12.4 Å². The average Bonchev–Trinajstić information content (AvgIpc) is 3.20. The molecular formula is C21H23FN4O4S. The maximum atomic E-state index is 13.4. The fraction of sp³-hybridized carbons (Fsp3) is 0.238. The van der Waals surface area contributed by atoms with Gasteiger partial charge in [-0.3, -0.25) is 9.89 Å². The van der Waals surface area contributed by atoms with Crippen molar-refractivity contribution in [3.05, 3.63) is 59.9 Å². The second-order valence-corrected chi connectivity index (χ2v) is 8.61. The molecule has 0 unspecified atom stereocenters. The van der Waals surface area contributed by atoms with Crippen molar-refractivity contribution >= 4 is 21.7 Å². The number of carbonyl (C=O) groups excluding carboxylic acids is 1. The molecule has 3 aromatic rings. The lowest BCUT2D eigenvalue weighted by molar-refractivity contribution is -0.118. The van der Waals surface area contributed by atoms with E-state index in [0.717, 1.165) is 0 Å². The van der Waals surface area contributed by atoms with E-state index >= 15 is 0 Å².